The molecule has 2 aromatic carbocycles. The number of aromatic nitrogens is 1. The molecule has 0 aliphatic heterocycles. The lowest BCUT2D eigenvalue weighted by atomic mass is 9.86. The molecule has 1 aromatic heterocycles. The first kappa shape index (κ1) is 22.6. The van der Waals surface area contributed by atoms with Crippen LogP contribution in [0.5, 0.6) is 0 Å². The van der Waals surface area contributed by atoms with Crippen LogP contribution in [-0.2, 0) is 13.0 Å². The first-order chi connectivity index (χ1) is 14.9. The van der Waals surface area contributed by atoms with Crippen LogP contribution in [0.4, 0.5) is 0 Å². The molecule has 0 aliphatic rings. The summed E-state index contributed by atoms with van der Waals surface area (Å²) in [4.78, 5) is 9.48. The molecule has 0 atom stereocenters. The van der Waals surface area contributed by atoms with Crippen molar-refractivity contribution < 1.29 is 0 Å². The van der Waals surface area contributed by atoms with Gasteiger partial charge in [0.2, 0.25) is 0 Å². The van der Waals surface area contributed by atoms with Crippen LogP contribution in [0.25, 0.3) is 0 Å². The maximum atomic E-state index is 8.81. The molecule has 0 amide bonds. The molecule has 0 aliphatic carbocycles. The van der Waals surface area contributed by atoms with Crippen molar-refractivity contribution in [2.24, 2.45) is 4.99 Å². The molecule has 31 heavy (non-hydrogen) atoms. The molecular formula is C28H33N3. The van der Waals surface area contributed by atoms with Crippen molar-refractivity contribution in [3.05, 3.63) is 100 Å². The Kier molecular flexibility index (Phi) is 7.51. The molecule has 3 rings (SSSR count). The summed E-state index contributed by atoms with van der Waals surface area (Å²) in [6, 6.07) is 22.6. The van der Waals surface area contributed by atoms with Gasteiger partial charge in [-0.2, -0.15) is 0 Å². The number of aliphatic imine (C=N–C) groups is 1. The third-order valence-electron chi connectivity index (χ3n) is 5.62. The van der Waals surface area contributed by atoms with Gasteiger partial charge in [-0.1, -0.05) is 82.3 Å². The topological polar surface area (TPSA) is 49.1 Å². The molecule has 0 saturated carbocycles. The molecule has 0 fully saturated rings. The SMILES string of the molecule is C/C(=N\Cc1ccccc1)c1cccc(C(=N)Cc2c(C(C)C)cccc2C(C)C)n1. The van der Waals surface area contributed by atoms with Gasteiger partial charge in [-0.3, -0.25) is 4.99 Å². The first-order valence-corrected chi connectivity index (χ1v) is 11.1. The van der Waals surface area contributed by atoms with Crippen molar-refractivity contribution in [3.8, 4) is 0 Å². The molecule has 0 spiro atoms. The summed E-state index contributed by atoms with van der Waals surface area (Å²) >= 11 is 0. The number of rotatable bonds is 8. The second-order valence-electron chi connectivity index (χ2n) is 8.68. The van der Waals surface area contributed by atoms with Crippen molar-refractivity contribution in [2.75, 3.05) is 0 Å². The minimum Gasteiger partial charge on any atom is -0.303 e. The van der Waals surface area contributed by atoms with E-state index in [1.807, 2.05) is 43.3 Å². The van der Waals surface area contributed by atoms with Gasteiger partial charge >= 0.3 is 0 Å². The second-order valence-corrected chi connectivity index (χ2v) is 8.68. The second kappa shape index (κ2) is 10.3. The van der Waals surface area contributed by atoms with Gasteiger partial charge in [0.05, 0.1) is 29.4 Å². The number of benzene rings is 2. The highest BCUT2D eigenvalue weighted by Gasteiger charge is 2.16. The molecule has 160 valence electrons. The lowest BCUT2D eigenvalue weighted by Crippen LogP contribution is -2.13. The van der Waals surface area contributed by atoms with Gasteiger partial charge in [-0.05, 0) is 53.1 Å². The Balaban J connectivity index is 1.84. The van der Waals surface area contributed by atoms with Gasteiger partial charge < -0.3 is 5.41 Å². The van der Waals surface area contributed by atoms with E-state index in [-0.39, 0.29) is 0 Å². The summed E-state index contributed by atoms with van der Waals surface area (Å²) in [6.45, 7) is 11.5. The summed E-state index contributed by atoms with van der Waals surface area (Å²) in [7, 11) is 0. The maximum absolute atomic E-state index is 8.81. The quantitative estimate of drug-likeness (QED) is 0.401. The van der Waals surface area contributed by atoms with Gasteiger partial charge in [-0.15, -0.1) is 0 Å². The summed E-state index contributed by atoms with van der Waals surface area (Å²) in [5, 5.41) is 8.81. The van der Waals surface area contributed by atoms with Crippen LogP contribution in [0.2, 0.25) is 0 Å². The highest BCUT2D eigenvalue weighted by atomic mass is 14.8. The van der Waals surface area contributed by atoms with Gasteiger partial charge in [0.1, 0.15) is 0 Å². The van der Waals surface area contributed by atoms with E-state index in [0.29, 0.717) is 30.5 Å². The smallest absolute Gasteiger partial charge is 0.0848 e. The van der Waals surface area contributed by atoms with E-state index >= 15 is 0 Å². The lowest BCUT2D eigenvalue weighted by molar-refractivity contribution is 0.811. The van der Waals surface area contributed by atoms with E-state index in [9.17, 15) is 0 Å². The Morgan fingerprint density at radius 1 is 0.806 bits per heavy atom. The van der Waals surface area contributed by atoms with Crippen LogP contribution in [0.3, 0.4) is 0 Å². The Hall–Kier alpha value is -3.07. The number of nitrogens with zero attached hydrogens (tertiary/aromatic N) is 2. The minimum absolute atomic E-state index is 0.424. The lowest BCUT2D eigenvalue weighted by Gasteiger charge is -2.20. The molecule has 3 aromatic rings. The number of hydrogen-bond donors (Lipinski definition) is 1. The highest BCUT2D eigenvalue weighted by molar-refractivity contribution is 6.01. The summed E-state index contributed by atoms with van der Waals surface area (Å²) in [5.41, 5.74) is 8.10. The molecule has 1 N–H and O–H groups in total. The van der Waals surface area contributed by atoms with Gasteiger partial charge in [0, 0.05) is 6.42 Å². The molecule has 3 heteroatoms. The van der Waals surface area contributed by atoms with Crippen LogP contribution in [0.15, 0.2) is 71.7 Å². The standard InChI is InChI=1S/C28H33N3/c1-19(2)23-13-9-14-24(20(3)4)25(23)17-26(29)28-16-10-15-27(31-28)21(5)30-18-22-11-7-6-8-12-22/h6-16,19-20,29H,17-18H2,1-5H3/b29-26?,30-21+. The van der Waals surface area contributed by atoms with E-state index in [2.05, 4.69) is 58.0 Å². The van der Waals surface area contributed by atoms with E-state index in [4.69, 9.17) is 15.4 Å². The van der Waals surface area contributed by atoms with E-state index in [0.717, 1.165) is 17.1 Å². The third kappa shape index (κ3) is 5.75. The number of pyridine rings is 1. The molecule has 0 radical (unpaired) electrons. The first-order valence-electron chi connectivity index (χ1n) is 11.1. The zero-order valence-corrected chi connectivity index (χ0v) is 19.3. The van der Waals surface area contributed by atoms with Crippen LogP contribution in [0, 0.1) is 5.41 Å². The molecule has 1 heterocycles. The fourth-order valence-electron chi connectivity index (χ4n) is 3.86. The highest BCUT2D eigenvalue weighted by Crippen LogP contribution is 2.28. The number of hydrogen-bond acceptors (Lipinski definition) is 3. The van der Waals surface area contributed by atoms with Gasteiger partial charge in [0.15, 0.2) is 0 Å². The Morgan fingerprint density at radius 2 is 1.39 bits per heavy atom. The van der Waals surface area contributed by atoms with Crippen molar-refractivity contribution in [2.45, 2.75) is 59.4 Å². The normalized spacial score (nSPS) is 11.9. The van der Waals surface area contributed by atoms with Crippen LogP contribution in [-0.4, -0.2) is 16.4 Å². The average molecular weight is 412 g/mol. The monoisotopic (exact) mass is 411 g/mol. The third-order valence-corrected chi connectivity index (χ3v) is 5.62. The van der Waals surface area contributed by atoms with Crippen molar-refractivity contribution in [1.29, 1.82) is 5.41 Å². The molecule has 0 bridgehead atoms. The van der Waals surface area contributed by atoms with Gasteiger partial charge in [0.25, 0.3) is 0 Å². The van der Waals surface area contributed by atoms with E-state index in [1.165, 1.54) is 22.3 Å². The predicted octanol–water partition coefficient (Wildman–Crippen LogP) is 6.95. The van der Waals surface area contributed by atoms with Crippen molar-refractivity contribution in [1.82, 2.24) is 4.98 Å². The summed E-state index contributed by atoms with van der Waals surface area (Å²) in [5.74, 6) is 0.848. The molecular weight excluding hydrogens is 378 g/mol. The largest absolute Gasteiger partial charge is 0.303 e. The molecule has 0 saturated heterocycles. The van der Waals surface area contributed by atoms with Crippen LogP contribution in [0.1, 0.15) is 80.1 Å². The Labute approximate surface area is 186 Å². The maximum Gasteiger partial charge on any atom is 0.0848 e. The molecule has 3 nitrogen and oxygen atoms in total. The average Bonchev–Trinajstić information content (AvgIpc) is 2.78. The van der Waals surface area contributed by atoms with E-state index in [1.54, 1.807) is 0 Å². The zero-order chi connectivity index (χ0) is 22.4. The van der Waals surface area contributed by atoms with Gasteiger partial charge in [-0.25, -0.2) is 4.98 Å². The Morgan fingerprint density at radius 3 is 2.00 bits per heavy atom. The molecule has 0 unspecified atom stereocenters. The predicted molar refractivity (Wildman–Crippen MR) is 132 cm³/mol. The Bertz CT molecular complexity index is 1040. The summed E-state index contributed by atoms with van der Waals surface area (Å²) < 4.78 is 0. The fourth-order valence-corrected chi connectivity index (χ4v) is 3.86. The fraction of sp³-hybridized carbons (Fsp3) is 0.321. The van der Waals surface area contributed by atoms with Crippen molar-refractivity contribution >= 4 is 11.4 Å². The zero-order valence-electron chi connectivity index (χ0n) is 19.3. The van der Waals surface area contributed by atoms with Crippen LogP contribution >= 0.6 is 0 Å². The summed E-state index contributed by atoms with van der Waals surface area (Å²) in [6.07, 6.45) is 0.596. The van der Waals surface area contributed by atoms with E-state index < -0.39 is 0 Å². The van der Waals surface area contributed by atoms with Crippen molar-refractivity contribution in [3.63, 3.8) is 0 Å². The number of nitrogens with one attached hydrogen (secondary N) is 1. The van der Waals surface area contributed by atoms with Crippen LogP contribution < -0.4 is 0 Å². The minimum atomic E-state index is 0.424.